The molecule has 0 fully saturated rings. The molecule has 0 aromatic heterocycles. The standard InChI is InChI=1S/C22H26O7/c1-21(2,3)28-19(25)13-11-12-15(24)18(17(13)20(26)29-22(4,5)6)27-16-10-8-7-9-14(16)23/h7-12,23-24H,1-6H3. The number of benzene rings is 2. The molecule has 0 radical (unpaired) electrons. The predicted molar refractivity (Wildman–Crippen MR) is 107 cm³/mol. The lowest BCUT2D eigenvalue weighted by molar-refractivity contribution is 0.00160. The predicted octanol–water partition coefficient (Wildman–Crippen LogP) is 4.80. The molecule has 2 aromatic rings. The van der Waals surface area contributed by atoms with Crippen LogP contribution in [0.25, 0.3) is 0 Å². The van der Waals surface area contributed by atoms with Crippen LogP contribution in [0.15, 0.2) is 36.4 Å². The van der Waals surface area contributed by atoms with Gasteiger partial charge in [0.05, 0.1) is 5.56 Å². The molecular weight excluding hydrogens is 376 g/mol. The van der Waals surface area contributed by atoms with E-state index >= 15 is 0 Å². The van der Waals surface area contributed by atoms with Gasteiger partial charge in [0.15, 0.2) is 23.0 Å². The van der Waals surface area contributed by atoms with Crippen LogP contribution in [0.2, 0.25) is 0 Å². The Morgan fingerprint density at radius 3 is 1.86 bits per heavy atom. The molecule has 0 saturated heterocycles. The molecule has 156 valence electrons. The molecule has 0 aliphatic heterocycles. The SMILES string of the molecule is CC(C)(C)OC(=O)c1ccc(O)c(Oc2ccccc2O)c1C(=O)OC(C)(C)C. The van der Waals surface area contributed by atoms with Crippen molar-refractivity contribution < 1.29 is 34.0 Å². The molecule has 2 N–H and O–H groups in total. The number of para-hydroxylation sites is 2. The Kier molecular flexibility index (Phi) is 6.11. The van der Waals surface area contributed by atoms with E-state index in [-0.39, 0.29) is 28.4 Å². The minimum absolute atomic E-state index is 0.00560. The largest absolute Gasteiger partial charge is 0.504 e. The average molecular weight is 402 g/mol. The Hall–Kier alpha value is -3.22. The van der Waals surface area contributed by atoms with E-state index in [2.05, 4.69) is 0 Å². The fourth-order valence-electron chi connectivity index (χ4n) is 2.36. The molecule has 7 nitrogen and oxygen atoms in total. The van der Waals surface area contributed by atoms with Crippen LogP contribution in [0.5, 0.6) is 23.0 Å². The first kappa shape index (κ1) is 22.1. The number of phenolic OH excluding ortho intramolecular Hbond substituents is 2. The van der Waals surface area contributed by atoms with E-state index in [9.17, 15) is 19.8 Å². The number of aromatic hydroxyl groups is 2. The molecule has 0 saturated carbocycles. The zero-order chi connectivity index (χ0) is 22.0. The van der Waals surface area contributed by atoms with Crippen molar-refractivity contribution in [3.63, 3.8) is 0 Å². The summed E-state index contributed by atoms with van der Waals surface area (Å²) in [5, 5.41) is 20.4. The molecular formula is C22H26O7. The number of rotatable bonds is 4. The Morgan fingerprint density at radius 2 is 1.31 bits per heavy atom. The summed E-state index contributed by atoms with van der Waals surface area (Å²) in [7, 11) is 0. The van der Waals surface area contributed by atoms with Gasteiger partial charge in [0.2, 0.25) is 0 Å². The fourth-order valence-corrected chi connectivity index (χ4v) is 2.36. The number of hydrogen-bond donors (Lipinski definition) is 2. The first-order valence-corrected chi connectivity index (χ1v) is 9.07. The molecule has 0 bridgehead atoms. The van der Waals surface area contributed by atoms with Gasteiger partial charge in [-0.2, -0.15) is 0 Å². The van der Waals surface area contributed by atoms with Crippen molar-refractivity contribution in [3.05, 3.63) is 47.5 Å². The summed E-state index contributed by atoms with van der Waals surface area (Å²) in [6, 6.07) is 8.51. The van der Waals surface area contributed by atoms with E-state index in [0.29, 0.717) is 0 Å². The third kappa shape index (κ3) is 5.88. The van der Waals surface area contributed by atoms with Gasteiger partial charge >= 0.3 is 11.9 Å². The van der Waals surface area contributed by atoms with Gasteiger partial charge in [0.1, 0.15) is 16.8 Å². The maximum Gasteiger partial charge on any atom is 0.343 e. The Balaban J connectivity index is 2.64. The summed E-state index contributed by atoms with van der Waals surface area (Å²) in [6.45, 7) is 10.1. The second kappa shape index (κ2) is 8.03. The molecule has 2 aromatic carbocycles. The Morgan fingerprint density at radius 1 is 0.759 bits per heavy atom. The molecule has 2 rings (SSSR count). The highest BCUT2D eigenvalue weighted by atomic mass is 16.6. The number of carbonyl (C=O) groups excluding carboxylic acids is 2. The fraction of sp³-hybridized carbons (Fsp3) is 0.364. The monoisotopic (exact) mass is 402 g/mol. The Bertz CT molecular complexity index is 918. The summed E-state index contributed by atoms with van der Waals surface area (Å²) in [4.78, 5) is 25.6. The summed E-state index contributed by atoms with van der Waals surface area (Å²) in [5.74, 6) is -2.58. The minimum atomic E-state index is -0.875. The number of hydrogen-bond acceptors (Lipinski definition) is 7. The average Bonchev–Trinajstić information content (AvgIpc) is 2.55. The topological polar surface area (TPSA) is 102 Å². The summed E-state index contributed by atoms with van der Waals surface area (Å²) in [6.07, 6.45) is 0. The quantitative estimate of drug-likeness (QED) is 0.708. The molecule has 7 heteroatoms. The van der Waals surface area contributed by atoms with Crippen molar-refractivity contribution in [2.75, 3.05) is 0 Å². The second-order valence-electron chi connectivity index (χ2n) is 8.41. The number of ether oxygens (including phenoxy) is 3. The highest BCUT2D eigenvalue weighted by molar-refractivity contribution is 6.06. The zero-order valence-corrected chi connectivity index (χ0v) is 17.4. The molecule has 0 amide bonds. The molecule has 0 atom stereocenters. The van der Waals surface area contributed by atoms with Gasteiger partial charge in [-0.1, -0.05) is 12.1 Å². The molecule has 0 aliphatic carbocycles. The van der Waals surface area contributed by atoms with Gasteiger partial charge in [-0.25, -0.2) is 9.59 Å². The highest BCUT2D eigenvalue weighted by Gasteiger charge is 2.31. The maximum absolute atomic E-state index is 12.9. The Labute approximate surface area is 169 Å². The van der Waals surface area contributed by atoms with Gasteiger partial charge in [-0.15, -0.1) is 0 Å². The van der Waals surface area contributed by atoms with Crippen molar-refractivity contribution in [2.45, 2.75) is 52.7 Å². The van der Waals surface area contributed by atoms with E-state index in [0.717, 1.165) is 0 Å². The van der Waals surface area contributed by atoms with E-state index in [1.807, 2.05) is 0 Å². The van der Waals surface area contributed by atoms with Crippen molar-refractivity contribution in [3.8, 4) is 23.0 Å². The number of esters is 2. The third-order valence-corrected chi connectivity index (χ3v) is 3.44. The van der Waals surface area contributed by atoms with Gasteiger partial charge < -0.3 is 24.4 Å². The number of phenols is 2. The minimum Gasteiger partial charge on any atom is -0.504 e. The van der Waals surface area contributed by atoms with Crippen LogP contribution in [-0.4, -0.2) is 33.4 Å². The smallest absolute Gasteiger partial charge is 0.343 e. The van der Waals surface area contributed by atoms with Crippen molar-refractivity contribution >= 4 is 11.9 Å². The summed E-state index contributed by atoms with van der Waals surface area (Å²) >= 11 is 0. The molecule has 29 heavy (non-hydrogen) atoms. The first-order chi connectivity index (χ1) is 13.3. The van der Waals surface area contributed by atoms with E-state index in [1.165, 1.54) is 24.3 Å². The third-order valence-electron chi connectivity index (χ3n) is 3.44. The van der Waals surface area contributed by atoms with Gasteiger partial charge in [0.25, 0.3) is 0 Å². The van der Waals surface area contributed by atoms with Gasteiger partial charge in [0, 0.05) is 0 Å². The van der Waals surface area contributed by atoms with Crippen LogP contribution in [-0.2, 0) is 9.47 Å². The van der Waals surface area contributed by atoms with Crippen molar-refractivity contribution in [1.82, 2.24) is 0 Å². The maximum atomic E-state index is 12.9. The van der Waals surface area contributed by atoms with E-state index < -0.39 is 28.9 Å². The second-order valence-corrected chi connectivity index (χ2v) is 8.41. The molecule has 0 spiro atoms. The van der Waals surface area contributed by atoms with E-state index in [4.69, 9.17) is 14.2 Å². The van der Waals surface area contributed by atoms with Crippen LogP contribution in [0.3, 0.4) is 0 Å². The van der Waals surface area contributed by atoms with Crippen LogP contribution in [0.4, 0.5) is 0 Å². The lowest BCUT2D eigenvalue weighted by Gasteiger charge is -2.24. The van der Waals surface area contributed by atoms with Crippen LogP contribution >= 0.6 is 0 Å². The van der Waals surface area contributed by atoms with Crippen molar-refractivity contribution in [1.29, 1.82) is 0 Å². The lowest BCUT2D eigenvalue weighted by atomic mass is 10.0. The molecule has 0 unspecified atom stereocenters. The van der Waals surface area contributed by atoms with Crippen LogP contribution < -0.4 is 4.74 Å². The first-order valence-electron chi connectivity index (χ1n) is 9.07. The van der Waals surface area contributed by atoms with Gasteiger partial charge in [-0.05, 0) is 65.8 Å². The van der Waals surface area contributed by atoms with E-state index in [1.54, 1.807) is 53.7 Å². The molecule has 0 aliphatic rings. The van der Waals surface area contributed by atoms with Crippen LogP contribution in [0, 0.1) is 0 Å². The normalized spacial score (nSPS) is 11.7. The van der Waals surface area contributed by atoms with Crippen LogP contribution in [0.1, 0.15) is 62.3 Å². The lowest BCUT2D eigenvalue weighted by Crippen LogP contribution is -2.28. The highest BCUT2D eigenvalue weighted by Crippen LogP contribution is 2.40. The number of carbonyl (C=O) groups is 2. The summed E-state index contributed by atoms with van der Waals surface area (Å²) < 4.78 is 16.4. The van der Waals surface area contributed by atoms with Gasteiger partial charge in [-0.3, -0.25) is 0 Å². The molecule has 0 heterocycles. The summed E-state index contributed by atoms with van der Waals surface area (Å²) in [5.41, 5.74) is -2.09. The van der Waals surface area contributed by atoms with Crippen molar-refractivity contribution in [2.24, 2.45) is 0 Å². The zero-order valence-electron chi connectivity index (χ0n) is 17.4.